The molecular formula is C22H38O5. The van der Waals surface area contributed by atoms with Gasteiger partial charge in [0.25, 0.3) is 0 Å². The summed E-state index contributed by atoms with van der Waals surface area (Å²) in [6.45, 7) is 9.93. The van der Waals surface area contributed by atoms with Crippen LogP contribution in [0, 0.1) is 22.7 Å². The zero-order valence-corrected chi connectivity index (χ0v) is 17.5. The third kappa shape index (κ3) is 2.68. The Kier molecular flexibility index (Phi) is 4.96. The Bertz CT molecular complexity index is 569. The van der Waals surface area contributed by atoms with Crippen molar-refractivity contribution in [1.29, 1.82) is 0 Å². The van der Waals surface area contributed by atoms with Crippen molar-refractivity contribution in [3.8, 4) is 0 Å². The number of hydrogen-bond acceptors (Lipinski definition) is 5. The first-order valence-corrected chi connectivity index (χ1v) is 10.9. The average molecular weight is 383 g/mol. The van der Waals surface area contributed by atoms with E-state index in [1.807, 2.05) is 6.92 Å². The quantitative estimate of drug-likeness (QED) is 0.784. The smallest absolute Gasteiger partial charge is 0.155 e. The molecule has 0 aromatic carbocycles. The molecule has 27 heavy (non-hydrogen) atoms. The highest BCUT2D eigenvalue weighted by Gasteiger charge is 2.69. The molecule has 5 heteroatoms. The lowest BCUT2D eigenvalue weighted by Gasteiger charge is -2.66. The van der Waals surface area contributed by atoms with Crippen LogP contribution in [0.2, 0.25) is 0 Å². The van der Waals surface area contributed by atoms with Gasteiger partial charge in [0.05, 0.1) is 30.5 Å². The van der Waals surface area contributed by atoms with Crippen LogP contribution in [0.3, 0.4) is 0 Å². The van der Waals surface area contributed by atoms with Crippen LogP contribution < -0.4 is 0 Å². The fourth-order valence-electron chi connectivity index (χ4n) is 7.46. The molecule has 2 N–H and O–H groups in total. The summed E-state index contributed by atoms with van der Waals surface area (Å²) in [5.41, 5.74) is -0.766. The standard InChI is InChI=1S/C22H38O5/c1-15-5-6-17-19(3)14-25-16(2)26-18(19)7-8-20(17,4)22(15)10-9-21(13-24,27-22)11-12-23/h15-18,23-24H,5-14H2,1-4H3. The van der Waals surface area contributed by atoms with Gasteiger partial charge in [-0.05, 0) is 57.3 Å². The van der Waals surface area contributed by atoms with Gasteiger partial charge < -0.3 is 24.4 Å². The molecular weight excluding hydrogens is 344 g/mol. The molecule has 2 saturated carbocycles. The molecule has 156 valence electrons. The second kappa shape index (κ2) is 6.66. The Morgan fingerprint density at radius 1 is 1.00 bits per heavy atom. The van der Waals surface area contributed by atoms with Gasteiger partial charge in [0.1, 0.15) is 0 Å². The molecule has 0 bridgehead atoms. The average Bonchev–Trinajstić information content (AvgIpc) is 3.03. The summed E-state index contributed by atoms with van der Waals surface area (Å²) in [6.07, 6.45) is 6.92. The van der Waals surface area contributed by atoms with Crippen LogP contribution in [0.5, 0.6) is 0 Å². The van der Waals surface area contributed by atoms with Crippen LogP contribution >= 0.6 is 0 Å². The first kappa shape index (κ1) is 20.1. The van der Waals surface area contributed by atoms with Crippen LogP contribution in [0.25, 0.3) is 0 Å². The van der Waals surface area contributed by atoms with Crippen molar-refractivity contribution in [1.82, 2.24) is 0 Å². The highest BCUT2D eigenvalue weighted by molar-refractivity contribution is 5.18. The number of ether oxygens (including phenoxy) is 3. The molecule has 0 amide bonds. The lowest BCUT2D eigenvalue weighted by atomic mass is 9.43. The normalized spacial score (nSPS) is 55.3. The topological polar surface area (TPSA) is 68.2 Å². The van der Waals surface area contributed by atoms with Crippen molar-refractivity contribution in [3.63, 3.8) is 0 Å². The van der Waals surface area contributed by atoms with Crippen molar-refractivity contribution in [2.24, 2.45) is 22.7 Å². The van der Waals surface area contributed by atoms with E-state index in [1.54, 1.807) is 0 Å². The maximum atomic E-state index is 10.1. The van der Waals surface area contributed by atoms with Crippen molar-refractivity contribution in [2.75, 3.05) is 19.8 Å². The fraction of sp³-hybridized carbons (Fsp3) is 1.00. The highest BCUT2D eigenvalue weighted by atomic mass is 16.7. The minimum absolute atomic E-state index is 0.00753. The third-order valence-electron chi connectivity index (χ3n) is 9.07. The minimum Gasteiger partial charge on any atom is -0.396 e. The van der Waals surface area contributed by atoms with Crippen molar-refractivity contribution >= 4 is 0 Å². The van der Waals surface area contributed by atoms with Crippen LogP contribution in [0.1, 0.15) is 72.6 Å². The van der Waals surface area contributed by atoms with E-state index in [0.717, 1.165) is 38.7 Å². The molecule has 8 unspecified atom stereocenters. The van der Waals surface area contributed by atoms with E-state index in [9.17, 15) is 10.2 Å². The molecule has 2 aliphatic heterocycles. The van der Waals surface area contributed by atoms with E-state index < -0.39 is 5.60 Å². The molecule has 4 rings (SSSR count). The lowest BCUT2D eigenvalue weighted by molar-refractivity contribution is -0.325. The summed E-state index contributed by atoms with van der Waals surface area (Å²) in [5, 5.41) is 19.7. The van der Waals surface area contributed by atoms with Gasteiger partial charge in [-0.15, -0.1) is 0 Å². The monoisotopic (exact) mass is 382 g/mol. The number of aliphatic hydroxyl groups is 2. The molecule has 2 aliphatic carbocycles. The molecule has 0 radical (unpaired) electrons. The Morgan fingerprint density at radius 2 is 1.78 bits per heavy atom. The summed E-state index contributed by atoms with van der Waals surface area (Å²) in [7, 11) is 0. The van der Waals surface area contributed by atoms with Gasteiger partial charge in [-0.3, -0.25) is 0 Å². The SMILES string of the molecule is CC1OCC2(C)C(CCC3(C)C2CCC(C)C32CCC(CO)(CCO)O2)O1. The Morgan fingerprint density at radius 3 is 2.48 bits per heavy atom. The molecule has 4 fully saturated rings. The van der Waals surface area contributed by atoms with Crippen LogP contribution in [-0.4, -0.2) is 53.6 Å². The fourth-order valence-corrected chi connectivity index (χ4v) is 7.46. The van der Waals surface area contributed by atoms with E-state index in [2.05, 4.69) is 20.8 Å². The summed E-state index contributed by atoms with van der Waals surface area (Å²) < 4.78 is 19.1. The van der Waals surface area contributed by atoms with E-state index in [1.165, 1.54) is 6.42 Å². The Balaban J connectivity index is 1.70. The molecule has 0 aromatic heterocycles. The number of aliphatic hydroxyl groups excluding tert-OH is 2. The predicted molar refractivity (Wildman–Crippen MR) is 102 cm³/mol. The summed E-state index contributed by atoms with van der Waals surface area (Å²) in [5.74, 6) is 0.937. The Labute approximate surface area is 163 Å². The number of rotatable bonds is 3. The summed E-state index contributed by atoms with van der Waals surface area (Å²) in [4.78, 5) is 0. The number of hydrogen-bond donors (Lipinski definition) is 2. The van der Waals surface area contributed by atoms with E-state index >= 15 is 0 Å². The number of fused-ring (bicyclic) bond motifs is 4. The second-order valence-electron chi connectivity index (χ2n) is 10.3. The molecule has 5 nitrogen and oxygen atoms in total. The molecule has 1 spiro atoms. The van der Waals surface area contributed by atoms with Gasteiger partial charge in [0.15, 0.2) is 6.29 Å². The maximum absolute atomic E-state index is 10.1. The summed E-state index contributed by atoms with van der Waals surface area (Å²) in [6, 6.07) is 0. The third-order valence-corrected chi connectivity index (χ3v) is 9.07. The van der Waals surface area contributed by atoms with Gasteiger partial charge in [-0.2, -0.15) is 0 Å². The van der Waals surface area contributed by atoms with Crippen LogP contribution in [0.4, 0.5) is 0 Å². The van der Waals surface area contributed by atoms with Gasteiger partial charge in [0, 0.05) is 23.9 Å². The minimum atomic E-state index is -0.584. The zero-order chi connectivity index (χ0) is 19.5. The van der Waals surface area contributed by atoms with Gasteiger partial charge >= 0.3 is 0 Å². The van der Waals surface area contributed by atoms with Crippen molar-refractivity contribution < 1.29 is 24.4 Å². The largest absolute Gasteiger partial charge is 0.396 e. The van der Waals surface area contributed by atoms with Gasteiger partial charge in [-0.25, -0.2) is 0 Å². The molecule has 2 saturated heterocycles. The zero-order valence-electron chi connectivity index (χ0n) is 17.5. The second-order valence-corrected chi connectivity index (χ2v) is 10.3. The predicted octanol–water partition coefficient (Wildman–Crippen LogP) is 3.26. The van der Waals surface area contributed by atoms with Crippen molar-refractivity contribution in [2.45, 2.75) is 96.2 Å². The van der Waals surface area contributed by atoms with E-state index in [-0.39, 0.29) is 42.0 Å². The molecule has 4 aliphatic rings. The van der Waals surface area contributed by atoms with Crippen LogP contribution in [-0.2, 0) is 14.2 Å². The van der Waals surface area contributed by atoms with E-state index in [0.29, 0.717) is 18.3 Å². The van der Waals surface area contributed by atoms with Gasteiger partial charge in [0.2, 0.25) is 0 Å². The van der Waals surface area contributed by atoms with E-state index in [4.69, 9.17) is 14.2 Å². The first-order chi connectivity index (χ1) is 12.8. The van der Waals surface area contributed by atoms with Crippen molar-refractivity contribution in [3.05, 3.63) is 0 Å². The highest BCUT2D eigenvalue weighted by Crippen LogP contribution is 2.68. The molecule has 0 aromatic rings. The molecule has 2 heterocycles. The maximum Gasteiger partial charge on any atom is 0.155 e. The first-order valence-electron chi connectivity index (χ1n) is 10.9. The molecule has 8 atom stereocenters. The van der Waals surface area contributed by atoms with Crippen LogP contribution in [0.15, 0.2) is 0 Å². The Hall–Kier alpha value is -0.200. The lowest BCUT2D eigenvalue weighted by Crippen LogP contribution is -2.68. The summed E-state index contributed by atoms with van der Waals surface area (Å²) >= 11 is 0. The van der Waals surface area contributed by atoms with Gasteiger partial charge in [-0.1, -0.05) is 20.8 Å².